The highest BCUT2D eigenvalue weighted by Crippen LogP contribution is 2.28. The molecule has 0 saturated heterocycles. The Hall–Kier alpha value is -3.54. The maximum Gasteiger partial charge on any atom is 0.259 e. The third kappa shape index (κ3) is 3.92. The van der Waals surface area contributed by atoms with Crippen molar-refractivity contribution in [3.8, 4) is 11.5 Å². The monoisotopic (exact) mass is 349 g/mol. The average Bonchev–Trinajstić information content (AvgIpc) is 2.67. The minimum absolute atomic E-state index is 0.0260. The van der Waals surface area contributed by atoms with Crippen molar-refractivity contribution in [1.82, 2.24) is 5.43 Å². The Morgan fingerprint density at radius 3 is 2.73 bits per heavy atom. The summed E-state index contributed by atoms with van der Waals surface area (Å²) in [7, 11) is 1.47. The molecule has 0 aliphatic heterocycles. The summed E-state index contributed by atoms with van der Waals surface area (Å²) in [6.45, 7) is 0.0788. The predicted molar refractivity (Wildman–Crippen MR) is 103 cm³/mol. The second kappa shape index (κ2) is 8.02. The Morgan fingerprint density at radius 2 is 1.88 bits per heavy atom. The number of nitrogens with one attached hydrogen (secondary N) is 2. The van der Waals surface area contributed by atoms with E-state index >= 15 is 0 Å². The molecule has 0 spiro atoms. The van der Waals surface area contributed by atoms with Gasteiger partial charge in [-0.05, 0) is 23.6 Å². The third-order valence-corrected chi connectivity index (χ3v) is 3.87. The van der Waals surface area contributed by atoms with Crippen LogP contribution in [0.2, 0.25) is 0 Å². The summed E-state index contributed by atoms with van der Waals surface area (Å²) in [5.74, 6) is 0.0244. The van der Waals surface area contributed by atoms with Crippen LogP contribution in [0.5, 0.6) is 11.5 Å². The number of hydrogen-bond donors (Lipinski definition) is 3. The molecule has 3 aromatic carbocycles. The topological polar surface area (TPSA) is 83.0 Å². The molecule has 1 amide bonds. The zero-order valence-corrected chi connectivity index (χ0v) is 14.3. The molecule has 0 aliphatic rings. The molecule has 0 radical (unpaired) electrons. The number of hydrazone groups is 1. The second-order valence-electron chi connectivity index (χ2n) is 5.57. The second-order valence-corrected chi connectivity index (χ2v) is 5.57. The number of carbonyl (C=O) groups is 1. The van der Waals surface area contributed by atoms with Crippen LogP contribution in [0, 0.1) is 0 Å². The number of phenolic OH excluding ortho intramolecular Hbond substituents is 1. The minimum atomic E-state index is -0.295. The predicted octanol–water partition coefficient (Wildman–Crippen LogP) is 3.12. The number of aromatic hydroxyl groups is 1. The molecule has 0 atom stereocenters. The summed E-state index contributed by atoms with van der Waals surface area (Å²) in [4.78, 5) is 12.0. The lowest BCUT2D eigenvalue weighted by atomic mass is 10.1. The number of amides is 1. The van der Waals surface area contributed by atoms with Gasteiger partial charge < -0.3 is 15.2 Å². The smallest absolute Gasteiger partial charge is 0.259 e. The van der Waals surface area contributed by atoms with Gasteiger partial charge in [-0.3, -0.25) is 4.79 Å². The zero-order valence-electron chi connectivity index (χ0n) is 14.3. The van der Waals surface area contributed by atoms with E-state index in [2.05, 4.69) is 15.8 Å². The molecule has 0 aliphatic carbocycles. The highest BCUT2D eigenvalue weighted by atomic mass is 16.5. The fourth-order valence-corrected chi connectivity index (χ4v) is 2.58. The number of para-hydroxylation sites is 1. The van der Waals surface area contributed by atoms with Gasteiger partial charge in [0.15, 0.2) is 11.5 Å². The summed E-state index contributed by atoms with van der Waals surface area (Å²) in [5, 5.41) is 19.1. The lowest BCUT2D eigenvalue weighted by Crippen LogP contribution is -2.25. The van der Waals surface area contributed by atoms with E-state index < -0.39 is 0 Å². The number of anilines is 1. The van der Waals surface area contributed by atoms with E-state index in [4.69, 9.17) is 4.74 Å². The van der Waals surface area contributed by atoms with Gasteiger partial charge in [-0.25, -0.2) is 5.43 Å². The maximum absolute atomic E-state index is 12.0. The molecule has 0 saturated carbocycles. The first-order valence-electron chi connectivity index (χ1n) is 8.08. The van der Waals surface area contributed by atoms with E-state index in [0.717, 1.165) is 16.5 Å². The first kappa shape index (κ1) is 17.3. The number of rotatable bonds is 6. The highest BCUT2D eigenvalue weighted by molar-refractivity contribution is 5.95. The number of benzene rings is 3. The largest absolute Gasteiger partial charge is 0.504 e. The van der Waals surface area contributed by atoms with Crippen molar-refractivity contribution < 1.29 is 14.6 Å². The maximum atomic E-state index is 12.0. The van der Waals surface area contributed by atoms with Gasteiger partial charge in [0, 0.05) is 16.6 Å². The van der Waals surface area contributed by atoms with Gasteiger partial charge in [0.2, 0.25) is 0 Å². The van der Waals surface area contributed by atoms with Crippen LogP contribution in [0.3, 0.4) is 0 Å². The Kier molecular flexibility index (Phi) is 5.34. The van der Waals surface area contributed by atoms with Crippen LogP contribution in [-0.4, -0.2) is 30.9 Å². The highest BCUT2D eigenvalue weighted by Gasteiger charge is 2.06. The van der Waals surface area contributed by atoms with Crippen LogP contribution in [-0.2, 0) is 4.79 Å². The number of carbonyl (C=O) groups excluding carboxylic acids is 1. The first-order chi connectivity index (χ1) is 12.7. The fourth-order valence-electron chi connectivity index (χ4n) is 2.58. The molecule has 26 heavy (non-hydrogen) atoms. The van der Waals surface area contributed by atoms with Crippen LogP contribution in [0.15, 0.2) is 65.8 Å². The quantitative estimate of drug-likeness (QED) is 0.472. The van der Waals surface area contributed by atoms with Gasteiger partial charge in [-0.15, -0.1) is 0 Å². The Morgan fingerprint density at radius 1 is 1.12 bits per heavy atom. The molecule has 0 fully saturated rings. The molecule has 3 rings (SSSR count). The number of hydrogen-bond acceptors (Lipinski definition) is 5. The Labute approximate surface area is 151 Å². The van der Waals surface area contributed by atoms with Gasteiger partial charge in [0.25, 0.3) is 5.91 Å². The van der Waals surface area contributed by atoms with Crippen molar-refractivity contribution in [2.45, 2.75) is 0 Å². The number of phenols is 1. The van der Waals surface area contributed by atoms with Crippen molar-refractivity contribution in [2.75, 3.05) is 19.0 Å². The van der Waals surface area contributed by atoms with Crippen molar-refractivity contribution in [3.05, 3.63) is 66.2 Å². The summed E-state index contributed by atoms with van der Waals surface area (Å²) >= 11 is 0. The van der Waals surface area contributed by atoms with E-state index in [1.807, 2.05) is 42.5 Å². The summed E-state index contributed by atoms with van der Waals surface area (Å²) in [5.41, 5.74) is 3.76. The molecule has 0 unspecified atom stereocenters. The van der Waals surface area contributed by atoms with Crippen LogP contribution in [0.4, 0.5) is 5.69 Å². The molecule has 132 valence electrons. The number of ether oxygens (including phenoxy) is 1. The Balaban J connectivity index is 1.59. The van der Waals surface area contributed by atoms with Crippen LogP contribution >= 0.6 is 0 Å². The molecule has 0 bridgehead atoms. The normalized spacial score (nSPS) is 10.8. The molecule has 0 aromatic heterocycles. The zero-order chi connectivity index (χ0) is 18.4. The van der Waals surface area contributed by atoms with Crippen molar-refractivity contribution >= 4 is 28.6 Å². The van der Waals surface area contributed by atoms with Gasteiger partial charge in [0.05, 0.1) is 19.9 Å². The lowest BCUT2D eigenvalue weighted by molar-refractivity contribution is -0.119. The minimum Gasteiger partial charge on any atom is -0.504 e. The molecule has 6 heteroatoms. The van der Waals surface area contributed by atoms with E-state index in [-0.39, 0.29) is 18.2 Å². The van der Waals surface area contributed by atoms with Crippen LogP contribution in [0.1, 0.15) is 5.56 Å². The average molecular weight is 349 g/mol. The van der Waals surface area contributed by atoms with Crippen molar-refractivity contribution in [2.24, 2.45) is 5.10 Å². The number of methoxy groups -OCH3 is 1. The first-order valence-corrected chi connectivity index (χ1v) is 8.08. The fraction of sp³-hybridized carbons (Fsp3) is 0.100. The molecular weight excluding hydrogens is 330 g/mol. The SMILES string of the molecule is COc1cccc(C=NNC(=O)CNc2cccc3ccccc23)c1O. The molecule has 6 nitrogen and oxygen atoms in total. The van der Waals surface area contributed by atoms with Gasteiger partial charge >= 0.3 is 0 Å². The van der Waals surface area contributed by atoms with E-state index in [9.17, 15) is 9.90 Å². The van der Waals surface area contributed by atoms with Gasteiger partial charge in [-0.1, -0.05) is 42.5 Å². The van der Waals surface area contributed by atoms with Crippen molar-refractivity contribution in [3.63, 3.8) is 0 Å². The lowest BCUT2D eigenvalue weighted by Gasteiger charge is -2.09. The number of nitrogens with zero attached hydrogens (tertiary/aromatic N) is 1. The molecule has 3 N–H and O–H groups in total. The van der Waals surface area contributed by atoms with E-state index in [1.54, 1.807) is 18.2 Å². The van der Waals surface area contributed by atoms with Gasteiger partial charge in [-0.2, -0.15) is 5.10 Å². The number of fused-ring (bicyclic) bond motifs is 1. The standard InChI is InChI=1S/C20H19N3O3/c1-26-18-11-5-8-15(20(18)25)12-22-23-19(24)13-21-17-10-4-7-14-6-2-3-9-16(14)17/h2-12,21,25H,13H2,1H3,(H,23,24). The Bertz CT molecular complexity index is 949. The third-order valence-electron chi connectivity index (χ3n) is 3.87. The van der Waals surface area contributed by atoms with Crippen LogP contribution in [0.25, 0.3) is 10.8 Å². The summed E-state index contributed by atoms with van der Waals surface area (Å²) < 4.78 is 5.03. The molecular formula is C20H19N3O3. The van der Waals surface area contributed by atoms with Crippen molar-refractivity contribution in [1.29, 1.82) is 0 Å². The van der Waals surface area contributed by atoms with E-state index in [0.29, 0.717) is 11.3 Å². The van der Waals surface area contributed by atoms with Crippen LogP contribution < -0.4 is 15.5 Å². The van der Waals surface area contributed by atoms with E-state index in [1.165, 1.54) is 13.3 Å². The van der Waals surface area contributed by atoms with Gasteiger partial charge in [0.1, 0.15) is 0 Å². The summed E-state index contributed by atoms with van der Waals surface area (Å²) in [6.07, 6.45) is 1.37. The summed E-state index contributed by atoms with van der Waals surface area (Å²) in [6, 6.07) is 18.9. The molecule has 3 aromatic rings. The molecule has 0 heterocycles.